The normalized spacial score (nSPS) is 20.2. The molecule has 1 saturated carbocycles. The predicted molar refractivity (Wildman–Crippen MR) is 88.3 cm³/mol. The van der Waals surface area contributed by atoms with Gasteiger partial charge in [0.05, 0.1) is 0 Å². The van der Waals surface area contributed by atoms with Gasteiger partial charge in [0.1, 0.15) is 22.8 Å². The standard InChI is InChI=1S/C17H17ClN4O/c18-14-8-15(21-17(20-14)10-5-6-10)22-9-12-4-2-1-3-11(12)7-13(22)16(19)23/h1-4,8,10,13H,5-7,9H2,(H2,19,23)/t13-/m0/s1. The number of carbonyl (C=O) groups excluding carboxylic acids is 1. The van der Waals surface area contributed by atoms with Gasteiger partial charge in [-0.05, 0) is 24.0 Å². The molecule has 0 bridgehead atoms. The molecule has 1 aromatic carbocycles. The van der Waals surface area contributed by atoms with E-state index in [1.807, 2.05) is 23.1 Å². The molecule has 0 spiro atoms. The lowest BCUT2D eigenvalue weighted by molar-refractivity contribution is -0.119. The van der Waals surface area contributed by atoms with Crippen LogP contribution in [0.5, 0.6) is 0 Å². The van der Waals surface area contributed by atoms with Gasteiger partial charge in [0.2, 0.25) is 5.91 Å². The van der Waals surface area contributed by atoms with Crippen LogP contribution in [0.15, 0.2) is 30.3 Å². The number of rotatable bonds is 3. The lowest BCUT2D eigenvalue weighted by atomic mass is 9.93. The van der Waals surface area contributed by atoms with Gasteiger partial charge in [-0.2, -0.15) is 0 Å². The summed E-state index contributed by atoms with van der Waals surface area (Å²) in [5, 5.41) is 0.416. The Balaban J connectivity index is 1.75. The highest BCUT2D eigenvalue weighted by Crippen LogP contribution is 2.39. The summed E-state index contributed by atoms with van der Waals surface area (Å²) in [4.78, 5) is 22.9. The minimum absolute atomic E-state index is 0.345. The Morgan fingerprint density at radius 2 is 1.96 bits per heavy atom. The Morgan fingerprint density at radius 1 is 1.22 bits per heavy atom. The second-order valence-electron chi connectivity index (χ2n) is 6.20. The minimum atomic E-state index is -0.414. The van der Waals surface area contributed by atoms with E-state index in [1.54, 1.807) is 6.07 Å². The molecule has 5 nitrogen and oxygen atoms in total. The number of hydrogen-bond donors (Lipinski definition) is 1. The fourth-order valence-corrected chi connectivity index (χ4v) is 3.30. The van der Waals surface area contributed by atoms with Crippen molar-refractivity contribution in [2.24, 2.45) is 5.73 Å². The van der Waals surface area contributed by atoms with Crippen LogP contribution in [0.4, 0.5) is 5.82 Å². The van der Waals surface area contributed by atoms with Crippen molar-refractivity contribution in [3.63, 3.8) is 0 Å². The van der Waals surface area contributed by atoms with Gasteiger partial charge in [0, 0.05) is 24.9 Å². The molecular weight excluding hydrogens is 312 g/mol. The topological polar surface area (TPSA) is 72.1 Å². The number of fused-ring (bicyclic) bond motifs is 1. The van der Waals surface area contributed by atoms with Gasteiger partial charge in [-0.15, -0.1) is 0 Å². The van der Waals surface area contributed by atoms with Gasteiger partial charge in [-0.25, -0.2) is 9.97 Å². The van der Waals surface area contributed by atoms with Gasteiger partial charge in [-0.1, -0.05) is 35.9 Å². The molecule has 0 saturated heterocycles. The van der Waals surface area contributed by atoms with E-state index in [4.69, 9.17) is 17.3 Å². The van der Waals surface area contributed by atoms with E-state index in [-0.39, 0.29) is 5.91 Å². The maximum Gasteiger partial charge on any atom is 0.240 e. The Morgan fingerprint density at radius 3 is 2.65 bits per heavy atom. The summed E-state index contributed by atoms with van der Waals surface area (Å²) in [7, 11) is 0. The van der Waals surface area contributed by atoms with Crippen LogP contribution >= 0.6 is 11.6 Å². The molecule has 1 aromatic heterocycles. The lowest BCUT2D eigenvalue weighted by Crippen LogP contribution is -2.49. The van der Waals surface area contributed by atoms with E-state index in [9.17, 15) is 4.79 Å². The summed E-state index contributed by atoms with van der Waals surface area (Å²) in [5.74, 6) is 1.51. The summed E-state index contributed by atoms with van der Waals surface area (Å²) < 4.78 is 0. The van der Waals surface area contributed by atoms with E-state index >= 15 is 0 Å². The number of amides is 1. The summed E-state index contributed by atoms with van der Waals surface area (Å²) in [5.41, 5.74) is 7.99. The number of anilines is 1. The van der Waals surface area contributed by atoms with Gasteiger partial charge < -0.3 is 10.6 Å². The fourth-order valence-electron chi connectivity index (χ4n) is 3.11. The number of hydrogen-bond acceptors (Lipinski definition) is 4. The molecule has 1 aliphatic carbocycles. The van der Waals surface area contributed by atoms with Crippen LogP contribution in [0, 0.1) is 0 Å². The molecule has 23 heavy (non-hydrogen) atoms. The average molecular weight is 329 g/mol. The number of halogens is 1. The first kappa shape index (κ1) is 14.5. The molecule has 2 aromatic rings. The third-order valence-corrected chi connectivity index (χ3v) is 4.71. The maximum absolute atomic E-state index is 12.0. The number of carbonyl (C=O) groups is 1. The number of primary amides is 1. The van der Waals surface area contributed by atoms with E-state index in [0.717, 1.165) is 24.2 Å². The first-order valence-corrected chi connectivity index (χ1v) is 8.17. The van der Waals surface area contributed by atoms with E-state index < -0.39 is 6.04 Å². The predicted octanol–water partition coefficient (Wildman–Crippen LogP) is 2.42. The maximum atomic E-state index is 12.0. The number of benzene rings is 1. The third kappa shape index (κ3) is 2.77. The third-order valence-electron chi connectivity index (χ3n) is 4.51. The number of nitrogens with zero attached hydrogens (tertiary/aromatic N) is 3. The largest absolute Gasteiger partial charge is 0.368 e. The highest BCUT2D eigenvalue weighted by Gasteiger charge is 2.33. The van der Waals surface area contributed by atoms with Crippen LogP contribution in [-0.2, 0) is 17.8 Å². The molecule has 1 atom stereocenters. The SMILES string of the molecule is NC(=O)[C@@H]1Cc2ccccc2CN1c1cc(Cl)nc(C2CC2)n1. The van der Waals surface area contributed by atoms with Crippen LogP contribution in [0.3, 0.4) is 0 Å². The minimum Gasteiger partial charge on any atom is -0.368 e. The summed E-state index contributed by atoms with van der Waals surface area (Å²) in [6, 6.07) is 9.42. The molecule has 118 valence electrons. The number of nitrogens with two attached hydrogens (primary N) is 1. The Labute approximate surface area is 139 Å². The molecule has 1 fully saturated rings. The van der Waals surface area contributed by atoms with Crippen LogP contribution < -0.4 is 10.6 Å². The molecule has 0 radical (unpaired) electrons. The van der Waals surface area contributed by atoms with Crippen molar-refractivity contribution >= 4 is 23.3 Å². The molecule has 4 rings (SSSR count). The van der Waals surface area contributed by atoms with Crippen molar-refractivity contribution in [1.82, 2.24) is 9.97 Å². The molecule has 0 unspecified atom stereocenters. The smallest absolute Gasteiger partial charge is 0.240 e. The second-order valence-corrected chi connectivity index (χ2v) is 6.59. The lowest BCUT2D eigenvalue weighted by Gasteiger charge is -2.36. The molecule has 2 aliphatic rings. The van der Waals surface area contributed by atoms with Gasteiger partial charge in [0.15, 0.2) is 0 Å². The first-order chi connectivity index (χ1) is 11.1. The second kappa shape index (κ2) is 5.49. The zero-order valence-corrected chi connectivity index (χ0v) is 13.3. The quantitative estimate of drug-likeness (QED) is 0.878. The van der Waals surface area contributed by atoms with E-state index in [0.29, 0.717) is 29.9 Å². The van der Waals surface area contributed by atoms with Crippen LogP contribution in [0.2, 0.25) is 5.15 Å². The van der Waals surface area contributed by atoms with Gasteiger partial charge in [-0.3, -0.25) is 4.79 Å². The summed E-state index contributed by atoms with van der Waals surface area (Å²) >= 11 is 6.17. The van der Waals surface area contributed by atoms with Crippen molar-refractivity contribution in [3.8, 4) is 0 Å². The monoisotopic (exact) mass is 328 g/mol. The molecule has 2 N–H and O–H groups in total. The first-order valence-electron chi connectivity index (χ1n) is 7.79. The van der Waals surface area contributed by atoms with Gasteiger partial charge in [0.25, 0.3) is 0 Å². The Kier molecular flexibility index (Phi) is 3.45. The zero-order chi connectivity index (χ0) is 16.0. The summed E-state index contributed by atoms with van der Waals surface area (Å²) in [6.07, 6.45) is 2.79. The van der Waals surface area contributed by atoms with Gasteiger partial charge >= 0.3 is 0 Å². The molecule has 6 heteroatoms. The van der Waals surface area contributed by atoms with Crippen molar-refractivity contribution < 1.29 is 4.79 Å². The van der Waals surface area contributed by atoms with Crippen LogP contribution in [-0.4, -0.2) is 21.9 Å². The van der Waals surface area contributed by atoms with Crippen molar-refractivity contribution in [2.45, 2.75) is 37.8 Å². The average Bonchev–Trinajstić information content (AvgIpc) is 3.38. The van der Waals surface area contributed by atoms with E-state index in [2.05, 4.69) is 16.0 Å². The highest BCUT2D eigenvalue weighted by molar-refractivity contribution is 6.29. The molecular formula is C17H17ClN4O. The van der Waals surface area contributed by atoms with Crippen LogP contribution in [0.1, 0.15) is 35.7 Å². The van der Waals surface area contributed by atoms with Crippen molar-refractivity contribution in [1.29, 1.82) is 0 Å². The number of aromatic nitrogens is 2. The Hall–Kier alpha value is -2.14. The molecule has 1 aliphatic heterocycles. The highest BCUT2D eigenvalue weighted by atomic mass is 35.5. The van der Waals surface area contributed by atoms with Crippen molar-refractivity contribution in [2.75, 3.05) is 4.90 Å². The van der Waals surface area contributed by atoms with E-state index in [1.165, 1.54) is 5.56 Å². The fraction of sp³-hybridized carbons (Fsp3) is 0.353. The Bertz CT molecular complexity index is 775. The molecule has 2 heterocycles. The zero-order valence-electron chi connectivity index (χ0n) is 12.6. The summed E-state index contributed by atoms with van der Waals surface area (Å²) in [6.45, 7) is 0.598. The molecule has 1 amide bonds. The van der Waals surface area contributed by atoms with Crippen LogP contribution in [0.25, 0.3) is 0 Å². The van der Waals surface area contributed by atoms with Crippen molar-refractivity contribution in [3.05, 3.63) is 52.4 Å².